The Morgan fingerprint density at radius 1 is 0.733 bits per heavy atom. The standard InChI is InChI=1S/C27H45NO2/c1-15-4-7-25-16(2)18-5-6-19-20(22(18)14-28(25)13-15)11-23-21(19)12-26(30)24-10-17(29)8-9-27(23,24)3/h15-26,29-30H,4-14H2,1-3H3/t15-,16-,17-,18?,19?,20?,21?,22?,23?,24?,25?,26-,27-/m1/s1. The van der Waals surface area contributed by atoms with Gasteiger partial charge in [-0.25, -0.2) is 0 Å². The van der Waals surface area contributed by atoms with Crippen LogP contribution in [0.4, 0.5) is 0 Å². The largest absolute Gasteiger partial charge is 0.393 e. The van der Waals surface area contributed by atoms with E-state index in [2.05, 4.69) is 25.7 Å². The number of nitrogens with zero attached hydrogens (tertiary/aromatic N) is 1. The molecule has 0 aromatic carbocycles. The van der Waals surface area contributed by atoms with Gasteiger partial charge in [0.2, 0.25) is 0 Å². The number of fused-ring (bicyclic) bond motifs is 8. The molecule has 170 valence electrons. The van der Waals surface area contributed by atoms with Gasteiger partial charge in [-0.1, -0.05) is 20.8 Å². The van der Waals surface area contributed by atoms with Crippen LogP contribution < -0.4 is 0 Å². The van der Waals surface area contributed by atoms with Gasteiger partial charge in [-0.3, -0.25) is 4.90 Å². The first kappa shape index (κ1) is 20.5. The zero-order valence-corrected chi connectivity index (χ0v) is 19.5. The molecule has 2 heterocycles. The lowest BCUT2D eigenvalue weighted by Gasteiger charge is -2.56. The highest BCUT2D eigenvalue weighted by Gasteiger charge is 2.62. The van der Waals surface area contributed by atoms with E-state index < -0.39 is 0 Å². The Kier molecular flexibility index (Phi) is 4.91. The fourth-order valence-electron chi connectivity index (χ4n) is 10.6. The van der Waals surface area contributed by atoms with E-state index in [-0.39, 0.29) is 17.6 Å². The smallest absolute Gasteiger partial charge is 0.0577 e. The van der Waals surface area contributed by atoms with E-state index in [4.69, 9.17) is 0 Å². The number of piperidine rings is 2. The Bertz CT molecular complexity index is 665. The van der Waals surface area contributed by atoms with E-state index in [0.29, 0.717) is 5.92 Å². The van der Waals surface area contributed by atoms with Crippen molar-refractivity contribution in [2.24, 2.45) is 58.7 Å². The van der Waals surface area contributed by atoms with Crippen LogP contribution in [0, 0.1) is 58.7 Å². The molecule has 30 heavy (non-hydrogen) atoms. The van der Waals surface area contributed by atoms with Gasteiger partial charge in [0.05, 0.1) is 12.2 Å². The minimum Gasteiger partial charge on any atom is -0.393 e. The lowest BCUT2D eigenvalue weighted by atomic mass is 9.51. The van der Waals surface area contributed by atoms with Gasteiger partial charge in [0.1, 0.15) is 0 Å². The molecule has 3 heteroatoms. The summed E-state index contributed by atoms with van der Waals surface area (Å²) in [6, 6.07) is 0.853. The number of hydrogen-bond acceptors (Lipinski definition) is 3. The third kappa shape index (κ3) is 2.86. The molecule has 0 aromatic rings. The minimum atomic E-state index is -0.181. The van der Waals surface area contributed by atoms with Crippen LogP contribution in [0.2, 0.25) is 0 Å². The zero-order chi connectivity index (χ0) is 20.8. The van der Waals surface area contributed by atoms with Gasteiger partial charge in [-0.15, -0.1) is 0 Å². The first-order valence-electron chi connectivity index (χ1n) is 13.5. The summed E-state index contributed by atoms with van der Waals surface area (Å²) in [7, 11) is 0. The molecule has 0 radical (unpaired) electrons. The molecule has 2 aliphatic heterocycles. The minimum absolute atomic E-state index is 0.180. The number of aliphatic hydroxyl groups excluding tert-OH is 2. The van der Waals surface area contributed by atoms with Crippen molar-refractivity contribution < 1.29 is 10.2 Å². The highest BCUT2D eigenvalue weighted by molar-refractivity contribution is 5.12. The summed E-state index contributed by atoms with van der Waals surface area (Å²) in [4.78, 5) is 2.92. The second kappa shape index (κ2) is 7.19. The Labute approximate surface area is 184 Å². The monoisotopic (exact) mass is 415 g/mol. The molecule has 3 nitrogen and oxygen atoms in total. The van der Waals surface area contributed by atoms with E-state index >= 15 is 0 Å². The maximum absolute atomic E-state index is 11.2. The van der Waals surface area contributed by atoms with Crippen LogP contribution >= 0.6 is 0 Å². The predicted molar refractivity (Wildman–Crippen MR) is 120 cm³/mol. The molecular formula is C27H45NO2. The average molecular weight is 416 g/mol. The molecule has 4 saturated carbocycles. The normalized spacial score (nSPS) is 60.7. The van der Waals surface area contributed by atoms with Crippen molar-refractivity contribution in [1.29, 1.82) is 0 Å². The third-order valence-electron chi connectivity index (χ3n) is 12.0. The Morgan fingerprint density at radius 2 is 1.53 bits per heavy atom. The molecule has 0 spiro atoms. The van der Waals surface area contributed by atoms with Gasteiger partial charge in [-0.05, 0) is 116 Å². The number of hydrogen-bond donors (Lipinski definition) is 2. The predicted octanol–water partition coefficient (Wildman–Crippen LogP) is 4.56. The van der Waals surface area contributed by atoms with E-state index in [1.165, 1.54) is 45.2 Å². The van der Waals surface area contributed by atoms with Crippen LogP contribution in [0.15, 0.2) is 0 Å². The summed E-state index contributed by atoms with van der Waals surface area (Å²) in [5.41, 5.74) is 0.261. The lowest BCUT2D eigenvalue weighted by Crippen LogP contribution is -2.58. The highest BCUT2D eigenvalue weighted by atomic mass is 16.3. The maximum Gasteiger partial charge on any atom is 0.0577 e. The quantitative estimate of drug-likeness (QED) is 0.609. The summed E-state index contributed by atoms with van der Waals surface area (Å²) in [5.74, 6) is 7.22. The fourth-order valence-corrected chi connectivity index (χ4v) is 10.6. The van der Waals surface area contributed by atoms with Crippen LogP contribution in [0.3, 0.4) is 0 Å². The molecule has 8 unspecified atom stereocenters. The van der Waals surface area contributed by atoms with Crippen molar-refractivity contribution in [3.8, 4) is 0 Å². The molecule has 0 bridgehead atoms. The lowest BCUT2D eigenvalue weighted by molar-refractivity contribution is -0.130. The number of aliphatic hydroxyl groups is 2. The summed E-state index contributed by atoms with van der Waals surface area (Å²) in [6.45, 7) is 10.3. The van der Waals surface area contributed by atoms with Gasteiger partial charge in [0.15, 0.2) is 0 Å². The SMILES string of the molecule is C[C@@H]1CCC2[C@H](C)C3CCC4C(CC5C4C[C@@H](O)C4C[C@H](O)CC[C@]54C)C3CN2C1. The summed E-state index contributed by atoms with van der Waals surface area (Å²) >= 11 is 0. The second-order valence-electron chi connectivity index (χ2n) is 13.1. The molecule has 6 fully saturated rings. The average Bonchev–Trinajstić information content (AvgIpc) is 3.09. The summed E-state index contributed by atoms with van der Waals surface area (Å²) in [5, 5.41) is 21.5. The van der Waals surface area contributed by atoms with Crippen LogP contribution in [-0.2, 0) is 0 Å². The number of rotatable bonds is 0. The first-order valence-corrected chi connectivity index (χ1v) is 13.5. The van der Waals surface area contributed by atoms with Crippen LogP contribution in [0.5, 0.6) is 0 Å². The Morgan fingerprint density at radius 3 is 2.37 bits per heavy atom. The Hall–Kier alpha value is -0.120. The van der Waals surface area contributed by atoms with Crippen molar-refractivity contribution in [3.05, 3.63) is 0 Å². The van der Waals surface area contributed by atoms with Crippen molar-refractivity contribution in [1.82, 2.24) is 4.90 Å². The summed E-state index contributed by atoms with van der Waals surface area (Å²) < 4.78 is 0. The topological polar surface area (TPSA) is 43.7 Å². The van der Waals surface area contributed by atoms with Crippen molar-refractivity contribution in [2.75, 3.05) is 13.1 Å². The van der Waals surface area contributed by atoms with Gasteiger partial charge in [0, 0.05) is 19.1 Å². The fraction of sp³-hybridized carbons (Fsp3) is 1.00. The molecule has 2 N–H and O–H groups in total. The molecule has 0 aromatic heterocycles. The van der Waals surface area contributed by atoms with Crippen molar-refractivity contribution in [2.45, 2.75) is 96.8 Å². The molecule has 6 rings (SSSR count). The molecule has 0 amide bonds. The van der Waals surface area contributed by atoms with E-state index in [1.54, 1.807) is 0 Å². The molecule has 4 aliphatic carbocycles. The van der Waals surface area contributed by atoms with E-state index in [9.17, 15) is 10.2 Å². The van der Waals surface area contributed by atoms with Gasteiger partial charge < -0.3 is 10.2 Å². The van der Waals surface area contributed by atoms with Gasteiger partial charge >= 0.3 is 0 Å². The van der Waals surface area contributed by atoms with E-state index in [0.717, 1.165) is 79.1 Å². The van der Waals surface area contributed by atoms with Crippen molar-refractivity contribution in [3.63, 3.8) is 0 Å². The molecule has 2 saturated heterocycles. The van der Waals surface area contributed by atoms with E-state index in [1.807, 2.05) is 0 Å². The molecule has 13 atom stereocenters. The summed E-state index contributed by atoms with van der Waals surface area (Å²) in [6.07, 6.45) is 10.7. The third-order valence-corrected chi connectivity index (χ3v) is 12.0. The Balaban J connectivity index is 1.28. The molecular weight excluding hydrogens is 370 g/mol. The molecule has 6 aliphatic rings. The van der Waals surface area contributed by atoms with Gasteiger partial charge in [0.25, 0.3) is 0 Å². The van der Waals surface area contributed by atoms with Gasteiger partial charge in [-0.2, -0.15) is 0 Å². The zero-order valence-electron chi connectivity index (χ0n) is 19.5. The highest BCUT2D eigenvalue weighted by Crippen LogP contribution is 2.67. The second-order valence-corrected chi connectivity index (χ2v) is 13.1. The van der Waals surface area contributed by atoms with Crippen LogP contribution in [-0.4, -0.2) is 46.5 Å². The first-order chi connectivity index (χ1) is 14.4. The van der Waals surface area contributed by atoms with Crippen molar-refractivity contribution >= 4 is 0 Å². The van der Waals surface area contributed by atoms with Crippen LogP contribution in [0.1, 0.15) is 78.6 Å². The maximum atomic E-state index is 11.2. The van der Waals surface area contributed by atoms with Crippen LogP contribution in [0.25, 0.3) is 0 Å².